The van der Waals surface area contributed by atoms with Crippen molar-refractivity contribution in [3.63, 3.8) is 0 Å². The van der Waals surface area contributed by atoms with Crippen LogP contribution >= 0.6 is 0 Å². The van der Waals surface area contributed by atoms with E-state index in [1.54, 1.807) is 12.4 Å². The van der Waals surface area contributed by atoms with E-state index in [2.05, 4.69) is 20.2 Å². The zero-order valence-electron chi connectivity index (χ0n) is 21.5. The predicted molar refractivity (Wildman–Crippen MR) is 139 cm³/mol. The van der Waals surface area contributed by atoms with Crippen molar-refractivity contribution in [2.45, 2.75) is 44.1 Å². The molecule has 3 atom stereocenters. The fraction of sp³-hybridized carbons (Fsp3) is 0.429. The highest BCUT2D eigenvalue weighted by atomic mass is 19.1. The van der Waals surface area contributed by atoms with E-state index < -0.39 is 46.5 Å². The van der Waals surface area contributed by atoms with E-state index in [-0.39, 0.29) is 44.1 Å². The maximum absolute atomic E-state index is 15.3. The van der Waals surface area contributed by atoms with Gasteiger partial charge in [0.1, 0.15) is 28.8 Å². The summed E-state index contributed by atoms with van der Waals surface area (Å²) in [5.74, 6) is -3.11. The maximum atomic E-state index is 15.3. The van der Waals surface area contributed by atoms with Crippen LogP contribution in [0.4, 0.5) is 28.9 Å². The molecule has 11 heteroatoms. The maximum Gasteiger partial charge on any atom is 0.149 e. The number of hydrogen-bond acceptors (Lipinski definition) is 7. The number of aromatic nitrogens is 2. The van der Waals surface area contributed by atoms with E-state index in [9.17, 15) is 9.50 Å². The summed E-state index contributed by atoms with van der Waals surface area (Å²) >= 11 is 0. The van der Waals surface area contributed by atoms with Crippen LogP contribution in [0.15, 0.2) is 42.7 Å². The van der Waals surface area contributed by atoms with Crippen molar-refractivity contribution in [1.82, 2.24) is 9.97 Å². The van der Waals surface area contributed by atoms with Crippen LogP contribution in [0.5, 0.6) is 0 Å². The summed E-state index contributed by atoms with van der Waals surface area (Å²) in [6.45, 7) is 3.38. The number of halogens is 4. The van der Waals surface area contributed by atoms with Crippen LogP contribution in [0.3, 0.4) is 0 Å². The highest BCUT2D eigenvalue weighted by Gasteiger charge is 2.36. The normalized spacial score (nSPS) is 23.1. The molecule has 2 aliphatic rings. The molecule has 208 valence electrons. The van der Waals surface area contributed by atoms with Gasteiger partial charge in [-0.05, 0) is 35.9 Å². The summed E-state index contributed by atoms with van der Waals surface area (Å²) in [6.07, 6.45) is 2.65. The number of aliphatic hydroxyl groups is 1. The van der Waals surface area contributed by atoms with Gasteiger partial charge >= 0.3 is 0 Å². The first-order valence-electron chi connectivity index (χ1n) is 12.9. The molecule has 4 heterocycles. The van der Waals surface area contributed by atoms with E-state index in [0.29, 0.717) is 24.5 Å². The molecule has 0 saturated carbocycles. The van der Waals surface area contributed by atoms with Gasteiger partial charge < -0.3 is 25.8 Å². The Labute approximate surface area is 224 Å². The first-order chi connectivity index (χ1) is 18.7. The molecule has 0 aliphatic carbocycles. The van der Waals surface area contributed by atoms with Gasteiger partial charge in [-0.1, -0.05) is 6.92 Å². The smallest absolute Gasteiger partial charge is 0.149 e. The second-order valence-corrected chi connectivity index (χ2v) is 10.3. The van der Waals surface area contributed by atoms with Crippen molar-refractivity contribution in [3.05, 3.63) is 71.4 Å². The number of piperidine rings is 1. The van der Waals surface area contributed by atoms with Crippen molar-refractivity contribution < 1.29 is 27.4 Å². The third-order valence-corrected chi connectivity index (χ3v) is 7.55. The van der Waals surface area contributed by atoms with Crippen molar-refractivity contribution in [3.8, 4) is 11.3 Å². The third kappa shape index (κ3) is 5.57. The highest BCUT2D eigenvalue weighted by Crippen LogP contribution is 2.39. The fourth-order valence-corrected chi connectivity index (χ4v) is 5.29. The average molecular weight is 546 g/mol. The lowest BCUT2D eigenvalue weighted by Crippen LogP contribution is -2.55. The monoisotopic (exact) mass is 545 g/mol. The van der Waals surface area contributed by atoms with Gasteiger partial charge in [0.25, 0.3) is 0 Å². The van der Waals surface area contributed by atoms with E-state index in [0.717, 1.165) is 23.9 Å². The number of aliphatic hydroxyl groups excluding tert-OH is 1. The summed E-state index contributed by atoms with van der Waals surface area (Å²) in [6, 6.07) is 5.76. The SMILES string of the molecule is C[C@H]1CN(c2ccncc2NCc2ccc(F)c(-c3c(F)cc(C4(F)CCOCC4)cc3F)n2)CC(N)[C@@H]1O. The van der Waals surface area contributed by atoms with Gasteiger partial charge in [0.05, 0.1) is 41.5 Å². The van der Waals surface area contributed by atoms with Crippen molar-refractivity contribution in [2.75, 3.05) is 36.5 Å². The molecule has 3 aromatic rings. The Bertz CT molecular complexity index is 1300. The van der Waals surface area contributed by atoms with Gasteiger partial charge in [-0.3, -0.25) is 4.98 Å². The largest absolute Gasteiger partial charge is 0.391 e. The van der Waals surface area contributed by atoms with Gasteiger partial charge in [0.15, 0.2) is 0 Å². The van der Waals surface area contributed by atoms with E-state index in [1.165, 1.54) is 6.07 Å². The lowest BCUT2D eigenvalue weighted by Gasteiger charge is -2.40. The second kappa shape index (κ2) is 11.1. The highest BCUT2D eigenvalue weighted by molar-refractivity contribution is 5.69. The van der Waals surface area contributed by atoms with Crippen LogP contribution in [0.1, 0.15) is 31.0 Å². The van der Waals surface area contributed by atoms with Crippen molar-refractivity contribution in [2.24, 2.45) is 11.7 Å². The fourth-order valence-electron chi connectivity index (χ4n) is 5.29. The number of hydrogen-bond donors (Lipinski definition) is 3. The number of alkyl halides is 1. The van der Waals surface area contributed by atoms with Gasteiger partial charge in [0.2, 0.25) is 0 Å². The zero-order valence-corrected chi connectivity index (χ0v) is 21.5. The molecule has 0 bridgehead atoms. The van der Waals surface area contributed by atoms with Crippen LogP contribution in [-0.2, 0) is 17.0 Å². The van der Waals surface area contributed by atoms with Gasteiger partial charge in [-0.25, -0.2) is 22.5 Å². The van der Waals surface area contributed by atoms with Crippen LogP contribution in [0.25, 0.3) is 11.3 Å². The van der Waals surface area contributed by atoms with E-state index in [1.807, 2.05) is 13.0 Å². The number of rotatable bonds is 6. The third-order valence-electron chi connectivity index (χ3n) is 7.55. The quantitative estimate of drug-likeness (QED) is 0.398. The summed E-state index contributed by atoms with van der Waals surface area (Å²) in [7, 11) is 0. The van der Waals surface area contributed by atoms with Crippen LogP contribution in [0, 0.1) is 23.4 Å². The number of nitrogens with zero attached hydrogens (tertiary/aromatic N) is 3. The Kier molecular flexibility index (Phi) is 7.75. The summed E-state index contributed by atoms with van der Waals surface area (Å²) < 4.78 is 65.5. The molecule has 0 amide bonds. The van der Waals surface area contributed by atoms with E-state index in [4.69, 9.17) is 10.5 Å². The minimum absolute atomic E-state index is 0.0157. The molecule has 0 spiro atoms. The number of ether oxygens (including phenoxy) is 1. The Morgan fingerprint density at radius 3 is 2.51 bits per heavy atom. The molecule has 2 aromatic heterocycles. The molecular formula is C28H31F4N5O2. The first-order valence-corrected chi connectivity index (χ1v) is 12.9. The Morgan fingerprint density at radius 1 is 1.10 bits per heavy atom. The number of pyridine rings is 2. The standard InChI is InChI=1S/C28H31F4N5O2/c1-16-14-37(15-22(33)27(16)38)24-4-7-34-13-23(24)35-12-18-2-3-19(29)26(36-18)25-20(30)10-17(11-21(25)31)28(32)5-8-39-9-6-28/h2-4,7,10-11,13,16,22,27,35,38H,5-6,8-9,12,14-15,33H2,1H3/t16-,22?,27+/m0/s1. The van der Waals surface area contributed by atoms with Crippen molar-refractivity contribution in [1.29, 1.82) is 0 Å². The number of nitrogens with two attached hydrogens (primary N) is 1. The summed E-state index contributed by atoms with van der Waals surface area (Å²) in [5.41, 5.74) is 4.74. The van der Waals surface area contributed by atoms with E-state index >= 15 is 13.2 Å². The van der Waals surface area contributed by atoms with Crippen LogP contribution in [0.2, 0.25) is 0 Å². The first kappa shape index (κ1) is 27.3. The molecule has 2 fully saturated rings. The average Bonchev–Trinajstić information content (AvgIpc) is 2.92. The number of benzene rings is 1. The number of anilines is 2. The molecule has 1 unspecified atom stereocenters. The Hall–Kier alpha value is -3.28. The molecule has 1 aromatic carbocycles. The van der Waals surface area contributed by atoms with Crippen molar-refractivity contribution >= 4 is 11.4 Å². The van der Waals surface area contributed by atoms with Gasteiger partial charge in [-0.15, -0.1) is 0 Å². The van der Waals surface area contributed by atoms with Gasteiger partial charge in [0, 0.05) is 57.3 Å². The van der Waals surface area contributed by atoms with Gasteiger partial charge in [-0.2, -0.15) is 0 Å². The Morgan fingerprint density at radius 2 is 1.82 bits per heavy atom. The molecule has 5 rings (SSSR count). The lowest BCUT2D eigenvalue weighted by molar-refractivity contribution is -0.0117. The molecule has 4 N–H and O–H groups in total. The zero-order chi connectivity index (χ0) is 27.7. The molecule has 7 nitrogen and oxygen atoms in total. The minimum Gasteiger partial charge on any atom is -0.391 e. The number of nitrogens with one attached hydrogen (secondary N) is 1. The predicted octanol–water partition coefficient (Wildman–Crippen LogP) is 4.29. The molecule has 2 saturated heterocycles. The lowest BCUT2D eigenvalue weighted by atomic mass is 9.87. The Balaban J connectivity index is 1.38. The topological polar surface area (TPSA) is 96.5 Å². The van der Waals surface area contributed by atoms with Crippen LogP contribution in [-0.4, -0.2) is 53.5 Å². The van der Waals surface area contributed by atoms with Crippen LogP contribution < -0.4 is 16.0 Å². The molecule has 39 heavy (non-hydrogen) atoms. The summed E-state index contributed by atoms with van der Waals surface area (Å²) in [5, 5.41) is 13.4. The molecular weight excluding hydrogens is 514 g/mol. The molecule has 0 radical (unpaired) electrons. The second-order valence-electron chi connectivity index (χ2n) is 10.3. The summed E-state index contributed by atoms with van der Waals surface area (Å²) in [4.78, 5) is 10.4. The molecule has 2 aliphatic heterocycles. The minimum atomic E-state index is -1.91.